The van der Waals surface area contributed by atoms with E-state index in [0.717, 1.165) is 14.5 Å². The van der Waals surface area contributed by atoms with Gasteiger partial charge in [-0.1, -0.05) is 13.0 Å². The van der Waals surface area contributed by atoms with Gasteiger partial charge < -0.3 is 9.95 Å². The maximum Gasteiger partial charge on any atom is 0.257 e. The maximum atomic E-state index is 12.7. The van der Waals surface area contributed by atoms with Crippen molar-refractivity contribution in [2.75, 3.05) is 16.2 Å². The van der Waals surface area contributed by atoms with Gasteiger partial charge in [0.1, 0.15) is 17.5 Å². The third-order valence-corrected chi connectivity index (χ3v) is 3.90. The Morgan fingerprint density at radius 3 is 2.71 bits per heavy atom. The molecule has 2 rings (SSSR count). The quantitative estimate of drug-likeness (QED) is 0.674. The third kappa shape index (κ3) is 2.87. The Bertz CT molecular complexity index is 691. The Labute approximate surface area is 125 Å². The number of anilines is 2. The van der Waals surface area contributed by atoms with Gasteiger partial charge in [0.2, 0.25) is 0 Å². The number of nitrogens with two attached hydrogens (primary N) is 1. The second-order valence-electron chi connectivity index (χ2n) is 4.54. The fraction of sp³-hybridized carbons (Fsp3) is 0.417. The minimum Gasteiger partial charge on any atom is -0.397 e. The van der Waals surface area contributed by atoms with E-state index >= 15 is 0 Å². The first-order chi connectivity index (χ1) is 9.86. The molecule has 2 N–H and O–H groups in total. The Hall–Kier alpha value is -1.64. The highest BCUT2D eigenvalue weighted by molar-refractivity contribution is 7.87. The zero-order valence-corrected chi connectivity index (χ0v) is 12.5. The standard InChI is InChI=1S/C12H15BF2N4OS/c1-3-7-4-5-8(16)11-10(7)12(19(13)21(2)20)17-18(11)6-9(14)15/h4-5,9H,3,6,16H2,1-2H3. The van der Waals surface area contributed by atoms with Gasteiger partial charge in [-0.25, -0.2) is 13.0 Å². The molecule has 1 aromatic carbocycles. The van der Waals surface area contributed by atoms with Crippen LogP contribution in [-0.4, -0.2) is 34.7 Å². The van der Waals surface area contributed by atoms with Gasteiger partial charge in [-0.05, 0) is 18.1 Å². The first-order valence-electron chi connectivity index (χ1n) is 6.31. The van der Waals surface area contributed by atoms with Crippen molar-refractivity contribution in [1.82, 2.24) is 9.78 Å². The van der Waals surface area contributed by atoms with Crippen LogP contribution in [0.15, 0.2) is 12.1 Å². The fourth-order valence-electron chi connectivity index (χ4n) is 2.22. The van der Waals surface area contributed by atoms with Crippen LogP contribution in [0, 0.1) is 0 Å². The number of aryl methyl sites for hydroxylation is 1. The SMILES string of the molecule is [B]N(c1nn(CC(F)F)c2c(N)ccc(CC)c12)S(C)=O. The van der Waals surface area contributed by atoms with Crippen LogP contribution < -0.4 is 9.95 Å². The molecule has 0 aliphatic rings. The lowest BCUT2D eigenvalue weighted by molar-refractivity contribution is 0.123. The van der Waals surface area contributed by atoms with Crippen molar-refractivity contribution in [3.63, 3.8) is 0 Å². The Balaban J connectivity index is 2.79. The van der Waals surface area contributed by atoms with E-state index in [-0.39, 0.29) is 5.82 Å². The molecule has 0 aliphatic heterocycles. The van der Waals surface area contributed by atoms with Crippen LogP contribution in [0.3, 0.4) is 0 Å². The summed E-state index contributed by atoms with van der Waals surface area (Å²) in [6.45, 7) is 1.32. The first-order valence-corrected chi connectivity index (χ1v) is 7.82. The third-order valence-electron chi connectivity index (χ3n) is 3.17. The van der Waals surface area contributed by atoms with E-state index in [9.17, 15) is 13.0 Å². The summed E-state index contributed by atoms with van der Waals surface area (Å²) in [6.07, 6.45) is -0.548. The predicted octanol–water partition coefficient (Wildman–Crippen LogP) is 1.63. The maximum absolute atomic E-state index is 12.7. The predicted molar refractivity (Wildman–Crippen MR) is 81.8 cm³/mol. The zero-order chi connectivity index (χ0) is 15.7. The second kappa shape index (κ2) is 6.01. The molecule has 0 amide bonds. The van der Waals surface area contributed by atoms with E-state index in [1.54, 1.807) is 12.1 Å². The molecule has 2 aromatic rings. The monoisotopic (exact) mass is 312 g/mol. The van der Waals surface area contributed by atoms with E-state index in [1.807, 2.05) is 6.92 Å². The minimum atomic E-state index is -2.58. The number of hydrogen-bond donors (Lipinski definition) is 1. The van der Waals surface area contributed by atoms with Crippen LogP contribution in [0.2, 0.25) is 0 Å². The van der Waals surface area contributed by atoms with Gasteiger partial charge in [-0.15, -0.1) is 0 Å². The number of fused-ring (bicyclic) bond motifs is 1. The van der Waals surface area contributed by atoms with E-state index in [4.69, 9.17) is 13.7 Å². The van der Waals surface area contributed by atoms with Gasteiger partial charge in [0.05, 0.1) is 11.2 Å². The van der Waals surface area contributed by atoms with Crippen LogP contribution in [0.1, 0.15) is 12.5 Å². The highest BCUT2D eigenvalue weighted by Crippen LogP contribution is 2.33. The molecule has 1 aromatic heterocycles. The molecular formula is C12H15BF2N4OS. The molecule has 2 radical (unpaired) electrons. The van der Waals surface area contributed by atoms with Crippen molar-refractivity contribution in [3.8, 4) is 0 Å². The molecule has 112 valence electrons. The highest BCUT2D eigenvalue weighted by Gasteiger charge is 2.21. The van der Waals surface area contributed by atoms with Crippen molar-refractivity contribution in [2.24, 2.45) is 0 Å². The lowest BCUT2D eigenvalue weighted by Crippen LogP contribution is -2.22. The Morgan fingerprint density at radius 1 is 1.52 bits per heavy atom. The summed E-state index contributed by atoms with van der Waals surface area (Å²) in [6, 6.07) is 3.44. The number of benzene rings is 1. The van der Waals surface area contributed by atoms with Crippen LogP contribution >= 0.6 is 0 Å². The van der Waals surface area contributed by atoms with E-state index in [0.29, 0.717) is 23.0 Å². The molecule has 21 heavy (non-hydrogen) atoms. The summed E-state index contributed by atoms with van der Waals surface area (Å²) < 4.78 is 39.1. The summed E-state index contributed by atoms with van der Waals surface area (Å²) >= 11 is 0. The normalized spacial score (nSPS) is 13.0. The molecule has 5 nitrogen and oxygen atoms in total. The number of hydrogen-bond acceptors (Lipinski definition) is 3. The summed E-state index contributed by atoms with van der Waals surface area (Å²) in [7, 11) is 4.22. The van der Waals surface area contributed by atoms with Crippen molar-refractivity contribution in [1.29, 1.82) is 0 Å². The topological polar surface area (TPSA) is 64.2 Å². The fourth-order valence-corrected chi connectivity index (χ4v) is 2.60. The number of halogens is 2. The Morgan fingerprint density at radius 2 is 2.19 bits per heavy atom. The van der Waals surface area contributed by atoms with Gasteiger partial charge in [0, 0.05) is 11.6 Å². The van der Waals surface area contributed by atoms with Gasteiger partial charge in [-0.2, -0.15) is 5.10 Å². The van der Waals surface area contributed by atoms with Crippen LogP contribution in [0.5, 0.6) is 0 Å². The zero-order valence-electron chi connectivity index (χ0n) is 11.7. The molecule has 1 unspecified atom stereocenters. The molecule has 0 spiro atoms. The number of nitrogen functional groups attached to an aromatic ring is 1. The average molecular weight is 312 g/mol. The summed E-state index contributed by atoms with van der Waals surface area (Å²) in [4.78, 5) is 0. The van der Waals surface area contributed by atoms with Crippen LogP contribution in [0.25, 0.3) is 10.9 Å². The molecule has 0 fully saturated rings. The molecule has 0 bridgehead atoms. The van der Waals surface area contributed by atoms with Crippen molar-refractivity contribution >= 4 is 41.4 Å². The molecule has 1 atom stereocenters. The summed E-state index contributed by atoms with van der Waals surface area (Å²) in [5, 5.41) is 4.65. The van der Waals surface area contributed by atoms with Crippen molar-refractivity contribution in [2.45, 2.75) is 26.3 Å². The number of rotatable bonds is 5. The molecule has 0 saturated heterocycles. The van der Waals surface area contributed by atoms with Crippen LogP contribution in [0.4, 0.5) is 20.3 Å². The smallest absolute Gasteiger partial charge is 0.257 e. The van der Waals surface area contributed by atoms with Crippen molar-refractivity contribution < 1.29 is 13.0 Å². The average Bonchev–Trinajstić information content (AvgIpc) is 2.78. The van der Waals surface area contributed by atoms with Crippen molar-refractivity contribution in [3.05, 3.63) is 17.7 Å². The van der Waals surface area contributed by atoms with E-state index in [1.165, 1.54) is 6.26 Å². The lowest BCUT2D eigenvalue weighted by atomic mass is 10.1. The number of nitrogens with zero attached hydrogens (tertiary/aromatic N) is 3. The van der Waals surface area contributed by atoms with Gasteiger partial charge in [0.25, 0.3) is 14.4 Å². The van der Waals surface area contributed by atoms with Crippen LogP contribution in [-0.2, 0) is 24.0 Å². The van der Waals surface area contributed by atoms with Gasteiger partial charge >= 0.3 is 0 Å². The minimum absolute atomic E-state index is 0.190. The van der Waals surface area contributed by atoms with E-state index < -0.39 is 24.0 Å². The highest BCUT2D eigenvalue weighted by atomic mass is 32.2. The lowest BCUT2D eigenvalue weighted by Gasteiger charge is -2.14. The summed E-state index contributed by atoms with van der Waals surface area (Å²) in [5.41, 5.74) is 7.49. The number of aromatic nitrogens is 2. The number of alkyl halides is 2. The van der Waals surface area contributed by atoms with E-state index in [2.05, 4.69) is 5.10 Å². The van der Waals surface area contributed by atoms with Gasteiger partial charge in [-0.3, -0.25) is 4.68 Å². The largest absolute Gasteiger partial charge is 0.397 e. The molecular weight excluding hydrogens is 297 g/mol. The molecule has 9 heteroatoms. The van der Waals surface area contributed by atoms with Gasteiger partial charge in [0.15, 0.2) is 5.82 Å². The molecule has 0 aliphatic carbocycles. The second-order valence-corrected chi connectivity index (χ2v) is 5.78. The first kappa shape index (κ1) is 15.7. The molecule has 0 saturated carbocycles. The molecule has 1 heterocycles. The Kier molecular flexibility index (Phi) is 4.50. The summed E-state index contributed by atoms with van der Waals surface area (Å²) in [5.74, 6) is 0.190.